The molecule has 2 fully saturated rings. The van der Waals surface area contributed by atoms with Crippen LogP contribution in [-0.2, 0) is 33.7 Å². The van der Waals surface area contributed by atoms with Crippen LogP contribution in [0.4, 0.5) is 26.3 Å². The monoisotopic (exact) mass is 559 g/mol. The topological polar surface area (TPSA) is 78.5 Å². The maximum Gasteiger partial charge on any atom is 0.416 e. The van der Waals surface area contributed by atoms with E-state index in [1.54, 1.807) is 0 Å². The molecular weight excluding hydrogens is 524 g/mol. The van der Waals surface area contributed by atoms with Gasteiger partial charge in [0, 0.05) is 37.6 Å². The summed E-state index contributed by atoms with van der Waals surface area (Å²) in [7, 11) is -3.29. The Kier molecular flexibility index (Phi) is 10.8. The molecule has 1 heterocycles. The molecular formula is C24H35F6N3O3S. The second kappa shape index (κ2) is 12.8. The molecule has 2 aliphatic rings. The molecule has 2 N–H and O–H groups in total. The van der Waals surface area contributed by atoms with Gasteiger partial charge in [-0.05, 0) is 55.9 Å². The summed E-state index contributed by atoms with van der Waals surface area (Å²) in [5.41, 5.74) is -3.13. The van der Waals surface area contributed by atoms with Gasteiger partial charge < -0.3 is 10.6 Å². The number of benzene rings is 1. The zero-order valence-corrected chi connectivity index (χ0v) is 22.0. The number of halogens is 6. The molecule has 3 rings (SSSR count). The van der Waals surface area contributed by atoms with Crippen LogP contribution in [-0.4, -0.2) is 50.1 Å². The van der Waals surface area contributed by atoms with Crippen molar-refractivity contribution >= 4 is 15.9 Å². The predicted octanol–water partition coefficient (Wildman–Crippen LogP) is 4.94. The van der Waals surface area contributed by atoms with E-state index in [1.165, 1.54) is 10.7 Å². The normalized spacial score (nSPS) is 23.3. The Balaban J connectivity index is 0.00000153. The lowest BCUT2D eigenvalue weighted by Crippen LogP contribution is -2.50. The molecule has 1 aromatic carbocycles. The van der Waals surface area contributed by atoms with Crippen LogP contribution in [0.25, 0.3) is 0 Å². The molecule has 6 nitrogen and oxygen atoms in total. The van der Waals surface area contributed by atoms with Gasteiger partial charge in [0.15, 0.2) is 0 Å². The van der Waals surface area contributed by atoms with Gasteiger partial charge in [-0.1, -0.05) is 20.3 Å². The lowest BCUT2D eigenvalue weighted by Gasteiger charge is -2.33. The summed E-state index contributed by atoms with van der Waals surface area (Å²) in [4.78, 5) is 12.5. The first-order valence-electron chi connectivity index (χ1n) is 12.3. The molecule has 13 heteroatoms. The number of hydrogen-bond donors (Lipinski definition) is 2. The number of nitrogens with one attached hydrogen (secondary N) is 2. The fourth-order valence-corrected chi connectivity index (χ4v) is 5.45. The summed E-state index contributed by atoms with van der Waals surface area (Å²) >= 11 is 0. The van der Waals surface area contributed by atoms with Gasteiger partial charge in [-0.15, -0.1) is 0 Å². The first-order valence-corrected chi connectivity index (χ1v) is 14.2. The van der Waals surface area contributed by atoms with Crippen molar-refractivity contribution in [3.8, 4) is 0 Å². The maximum absolute atomic E-state index is 13.0. The minimum Gasteiger partial charge on any atom is -0.352 e. The molecule has 0 bridgehead atoms. The SMILES string of the molecule is CCC.CS(=O)(=O)N1CCCC(NC2CC[C@H](C(=O)NCc3cc(C(F)(F)F)cc(C(F)(F)F)c3)C2)C1. The van der Waals surface area contributed by atoms with Gasteiger partial charge in [0.2, 0.25) is 15.9 Å². The van der Waals surface area contributed by atoms with Crippen LogP contribution >= 0.6 is 0 Å². The highest BCUT2D eigenvalue weighted by atomic mass is 32.2. The first kappa shape index (κ1) is 31.4. The van der Waals surface area contributed by atoms with Crippen molar-refractivity contribution in [3.05, 3.63) is 34.9 Å². The number of sulfonamides is 1. The smallest absolute Gasteiger partial charge is 0.352 e. The van der Waals surface area contributed by atoms with Gasteiger partial charge in [-0.3, -0.25) is 4.79 Å². The fourth-order valence-electron chi connectivity index (χ4n) is 4.54. The Labute approximate surface area is 214 Å². The van der Waals surface area contributed by atoms with Gasteiger partial charge >= 0.3 is 12.4 Å². The fraction of sp³-hybridized carbons (Fsp3) is 0.708. The number of carbonyl (C=O) groups is 1. The van der Waals surface area contributed by atoms with Gasteiger partial charge in [0.05, 0.1) is 17.4 Å². The number of rotatable bonds is 6. The molecule has 1 saturated heterocycles. The molecule has 1 aromatic rings. The van der Waals surface area contributed by atoms with E-state index < -0.39 is 51.9 Å². The third kappa shape index (κ3) is 9.75. The molecule has 1 aliphatic heterocycles. The number of alkyl halides is 6. The van der Waals surface area contributed by atoms with Gasteiger partial charge in [0.1, 0.15) is 0 Å². The minimum atomic E-state index is -4.95. The predicted molar refractivity (Wildman–Crippen MR) is 128 cm³/mol. The lowest BCUT2D eigenvalue weighted by molar-refractivity contribution is -0.143. The molecule has 3 atom stereocenters. The average molecular weight is 560 g/mol. The maximum atomic E-state index is 13.0. The van der Waals surface area contributed by atoms with Crippen LogP contribution in [0.5, 0.6) is 0 Å². The quantitative estimate of drug-likeness (QED) is 0.484. The molecule has 212 valence electrons. The van der Waals surface area contributed by atoms with E-state index in [1.807, 2.05) is 0 Å². The Morgan fingerprint density at radius 3 is 2.05 bits per heavy atom. The molecule has 1 saturated carbocycles. The highest BCUT2D eigenvalue weighted by Crippen LogP contribution is 2.36. The highest BCUT2D eigenvalue weighted by Gasteiger charge is 2.37. The van der Waals surface area contributed by atoms with Crippen LogP contribution in [0, 0.1) is 5.92 Å². The van der Waals surface area contributed by atoms with Crippen LogP contribution in [0.3, 0.4) is 0 Å². The van der Waals surface area contributed by atoms with Crippen LogP contribution < -0.4 is 10.6 Å². The molecule has 0 spiro atoms. The van der Waals surface area contributed by atoms with Crippen molar-refractivity contribution < 1.29 is 39.6 Å². The molecule has 2 unspecified atom stereocenters. The summed E-state index contributed by atoms with van der Waals surface area (Å²) in [6, 6.07) is 1.19. The Hall–Kier alpha value is -1.86. The zero-order valence-electron chi connectivity index (χ0n) is 21.2. The average Bonchev–Trinajstić information content (AvgIpc) is 3.25. The summed E-state index contributed by atoms with van der Waals surface area (Å²) in [5.74, 6) is -0.864. The standard InChI is InChI=1S/C21H27F6N3O3S.C3H8/c1-34(32,33)30-6-2-3-18(12-30)29-17-5-4-14(9-17)19(31)28-11-13-7-15(20(22,23)24)10-16(8-13)21(25,26)27;1-3-2/h7-8,10,14,17-18,29H,2-6,9,11-12H2,1H3,(H,28,31);3H2,1-2H3/t14-,17?,18?;/m0./s1. The first-order chi connectivity index (χ1) is 17.0. The van der Waals surface area contributed by atoms with E-state index in [2.05, 4.69) is 24.5 Å². The van der Waals surface area contributed by atoms with Crippen molar-refractivity contribution in [1.82, 2.24) is 14.9 Å². The van der Waals surface area contributed by atoms with Crippen LogP contribution in [0.1, 0.15) is 69.1 Å². The van der Waals surface area contributed by atoms with Gasteiger partial charge in [-0.25, -0.2) is 12.7 Å². The lowest BCUT2D eigenvalue weighted by atomic mass is 10.0. The number of carbonyl (C=O) groups excluding carboxylic acids is 1. The van der Waals surface area contributed by atoms with Crippen molar-refractivity contribution in [1.29, 1.82) is 0 Å². The highest BCUT2D eigenvalue weighted by molar-refractivity contribution is 7.88. The largest absolute Gasteiger partial charge is 0.416 e. The third-order valence-electron chi connectivity index (χ3n) is 6.24. The summed E-state index contributed by atoms with van der Waals surface area (Å²) in [5, 5.41) is 5.85. The Bertz CT molecular complexity index is 982. The minimum absolute atomic E-state index is 0.0225. The van der Waals surface area contributed by atoms with Crippen LogP contribution in [0.2, 0.25) is 0 Å². The molecule has 0 aromatic heterocycles. The van der Waals surface area contributed by atoms with E-state index in [0.717, 1.165) is 19.1 Å². The number of piperidine rings is 1. The van der Waals surface area contributed by atoms with Crippen molar-refractivity contribution in [3.63, 3.8) is 0 Å². The molecule has 1 amide bonds. The molecule has 1 aliphatic carbocycles. The summed E-state index contributed by atoms with van der Waals surface area (Å²) in [6.07, 6.45) is -4.33. The van der Waals surface area contributed by atoms with E-state index in [4.69, 9.17) is 0 Å². The Morgan fingerprint density at radius 2 is 1.54 bits per heavy atom. The van der Waals surface area contributed by atoms with Crippen molar-refractivity contribution in [2.75, 3.05) is 19.3 Å². The van der Waals surface area contributed by atoms with Gasteiger partial charge in [-0.2, -0.15) is 26.3 Å². The number of hydrogen-bond acceptors (Lipinski definition) is 4. The van der Waals surface area contributed by atoms with Crippen LogP contribution in [0.15, 0.2) is 18.2 Å². The van der Waals surface area contributed by atoms with E-state index in [-0.39, 0.29) is 23.7 Å². The van der Waals surface area contributed by atoms with Crippen molar-refractivity contribution in [2.45, 2.75) is 83.4 Å². The zero-order chi connectivity index (χ0) is 28.0. The summed E-state index contributed by atoms with van der Waals surface area (Å²) in [6.45, 7) is 4.62. The second-order valence-corrected chi connectivity index (χ2v) is 11.7. The van der Waals surface area contributed by atoms with E-state index in [0.29, 0.717) is 44.5 Å². The molecule has 0 radical (unpaired) electrons. The number of nitrogens with zero attached hydrogens (tertiary/aromatic N) is 1. The Morgan fingerprint density at radius 1 is 0.973 bits per heavy atom. The van der Waals surface area contributed by atoms with E-state index in [9.17, 15) is 39.6 Å². The van der Waals surface area contributed by atoms with Gasteiger partial charge in [0.25, 0.3) is 0 Å². The third-order valence-corrected chi connectivity index (χ3v) is 7.51. The summed E-state index contributed by atoms with van der Waals surface area (Å²) < 4.78 is 103. The van der Waals surface area contributed by atoms with E-state index >= 15 is 0 Å². The number of amides is 1. The molecule has 37 heavy (non-hydrogen) atoms. The van der Waals surface area contributed by atoms with Crippen molar-refractivity contribution in [2.24, 2.45) is 5.92 Å². The second-order valence-electron chi connectivity index (χ2n) is 9.67.